The van der Waals surface area contributed by atoms with Gasteiger partial charge >= 0.3 is 5.65 Å². The minimum atomic E-state index is -0.635. The second-order valence-electron chi connectivity index (χ2n) is 4.60. The van der Waals surface area contributed by atoms with Gasteiger partial charge in [-0.15, -0.1) is 0 Å². The third-order valence-corrected chi connectivity index (χ3v) is 2.74. The van der Waals surface area contributed by atoms with Crippen LogP contribution in [0, 0.1) is 17.0 Å². The number of amides is 1. The van der Waals surface area contributed by atoms with Gasteiger partial charge in [0.2, 0.25) is 0 Å². The molecule has 0 aromatic heterocycles. The Hall–Kier alpha value is 0.0200. The predicted octanol–water partition coefficient (Wildman–Crippen LogP) is 3.04. The SMILES string of the molecule is CPC(=O)[N+]([O-])(CC(C)C)CC(C)C. The third-order valence-electron chi connectivity index (χ3n) is 1.90. The summed E-state index contributed by atoms with van der Waals surface area (Å²) in [5.41, 5.74) is -0.160. The predicted molar refractivity (Wildman–Crippen MR) is 62.7 cm³/mol. The lowest BCUT2D eigenvalue weighted by Crippen LogP contribution is -2.49. The Kier molecular flexibility index (Phi) is 5.80. The molecule has 1 unspecified atom stereocenters. The van der Waals surface area contributed by atoms with Crippen LogP contribution in [-0.2, 0) is 0 Å². The molecule has 1 atom stereocenters. The molecule has 0 aromatic rings. The molecule has 0 bridgehead atoms. The summed E-state index contributed by atoms with van der Waals surface area (Å²) in [7, 11) is 0.103. The normalized spacial score (nSPS) is 13.4. The van der Waals surface area contributed by atoms with Crippen molar-refractivity contribution in [2.75, 3.05) is 19.8 Å². The zero-order valence-corrected chi connectivity index (χ0v) is 10.8. The smallest absolute Gasteiger partial charge is 0.329 e. The molecule has 0 rings (SSSR count). The minimum Gasteiger partial charge on any atom is -0.625 e. The number of hydrogen-bond acceptors (Lipinski definition) is 2. The van der Waals surface area contributed by atoms with Crippen molar-refractivity contribution in [3.05, 3.63) is 5.21 Å². The molecule has 0 N–H and O–H groups in total. The number of rotatable bonds is 5. The Morgan fingerprint density at radius 2 is 1.57 bits per heavy atom. The molecular weight excluding hydrogens is 197 g/mol. The minimum absolute atomic E-state index is 0.103. The molecule has 0 saturated carbocycles. The maximum absolute atomic E-state index is 12.2. The van der Waals surface area contributed by atoms with Crippen molar-refractivity contribution >= 4 is 14.2 Å². The van der Waals surface area contributed by atoms with Crippen molar-refractivity contribution in [2.24, 2.45) is 11.8 Å². The third kappa shape index (κ3) is 4.50. The largest absolute Gasteiger partial charge is 0.625 e. The summed E-state index contributed by atoms with van der Waals surface area (Å²) < 4.78 is -0.635. The Labute approximate surface area is 88.8 Å². The maximum Gasteiger partial charge on any atom is 0.329 e. The standard InChI is InChI=1S/C10H22NO2P/c1-8(2)6-11(13,7-9(3)4)10(12)14-5/h8-9,14H,6-7H2,1-5H3. The zero-order valence-electron chi connectivity index (χ0n) is 9.83. The lowest BCUT2D eigenvalue weighted by atomic mass is 10.1. The second kappa shape index (κ2) is 5.79. The van der Waals surface area contributed by atoms with Crippen molar-refractivity contribution < 1.29 is 9.44 Å². The van der Waals surface area contributed by atoms with E-state index in [1.807, 2.05) is 27.7 Å². The lowest BCUT2D eigenvalue weighted by molar-refractivity contribution is -0.800. The number of hydroxylamine groups is 3. The fourth-order valence-electron chi connectivity index (χ4n) is 1.62. The molecule has 84 valence electrons. The van der Waals surface area contributed by atoms with E-state index in [4.69, 9.17) is 0 Å². The summed E-state index contributed by atoms with van der Waals surface area (Å²) in [4.78, 5) is 11.6. The Bertz CT molecular complexity index is 183. The molecule has 0 saturated heterocycles. The van der Waals surface area contributed by atoms with Crippen LogP contribution in [0.3, 0.4) is 0 Å². The van der Waals surface area contributed by atoms with E-state index in [0.29, 0.717) is 13.1 Å². The van der Waals surface area contributed by atoms with Crippen LogP contribution in [0.1, 0.15) is 27.7 Å². The van der Waals surface area contributed by atoms with E-state index in [9.17, 15) is 10.0 Å². The molecule has 0 aliphatic carbocycles. The Morgan fingerprint density at radius 1 is 1.21 bits per heavy atom. The van der Waals surface area contributed by atoms with Gasteiger partial charge in [0.1, 0.15) is 0 Å². The van der Waals surface area contributed by atoms with Crippen molar-refractivity contribution in [3.8, 4) is 0 Å². The van der Waals surface area contributed by atoms with Crippen molar-refractivity contribution in [1.82, 2.24) is 0 Å². The Balaban J connectivity index is 4.57. The van der Waals surface area contributed by atoms with Crippen molar-refractivity contribution in [3.63, 3.8) is 0 Å². The van der Waals surface area contributed by atoms with Gasteiger partial charge in [0.25, 0.3) is 0 Å². The number of hydrogen-bond donors (Lipinski definition) is 0. The van der Waals surface area contributed by atoms with Crippen LogP contribution >= 0.6 is 8.58 Å². The van der Waals surface area contributed by atoms with Crippen LogP contribution in [0.2, 0.25) is 0 Å². The van der Waals surface area contributed by atoms with Gasteiger partial charge in [-0.25, -0.2) is 4.79 Å². The van der Waals surface area contributed by atoms with E-state index in [-0.39, 0.29) is 26.1 Å². The highest BCUT2D eigenvalue weighted by Gasteiger charge is 2.27. The van der Waals surface area contributed by atoms with Crippen LogP contribution in [0.4, 0.5) is 4.79 Å². The first-order chi connectivity index (χ1) is 6.31. The van der Waals surface area contributed by atoms with Gasteiger partial charge in [0.05, 0.1) is 13.1 Å². The second-order valence-corrected chi connectivity index (χ2v) is 5.53. The summed E-state index contributed by atoms with van der Waals surface area (Å²) in [6.45, 7) is 10.5. The van der Waals surface area contributed by atoms with E-state index >= 15 is 0 Å². The molecule has 3 nitrogen and oxygen atoms in total. The summed E-state index contributed by atoms with van der Waals surface area (Å²) in [5, 5.41) is 12.2. The molecule has 0 aliphatic rings. The van der Waals surface area contributed by atoms with E-state index in [1.165, 1.54) is 0 Å². The fourth-order valence-corrected chi connectivity index (χ4v) is 2.21. The molecule has 14 heavy (non-hydrogen) atoms. The molecule has 0 radical (unpaired) electrons. The lowest BCUT2D eigenvalue weighted by Gasteiger charge is -2.42. The van der Waals surface area contributed by atoms with Crippen LogP contribution in [0.25, 0.3) is 0 Å². The van der Waals surface area contributed by atoms with Gasteiger partial charge in [-0.3, -0.25) is 4.65 Å². The number of carbonyl (C=O) groups excluding carboxylic acids is 1. The first-order valence-corrected chi connectivity index (χ1v) is 6.62. The molecule has 0 heterocycles. The quantitative estimate of drug-likeness (QED) is 0.405. The highest BCUT2D eigenvalue weighted by atomic mass is 31.1. The Morgan fingerprint density at radius 3 is 1.79 bits per heavy atom. The average molecular weight is 219 g/mol. The monoisotopic (exact) mass is 219 g/mol. The molecular formula is C10H22NO2P. The van der Waals surface area contributed by atoms with E-state index in [0.717, 1.165) is 0 Å². The summed E-state index contributed by atoms with van der Waals surface area (Å²) in [6, 6.07) is 0. The molecule has 1 amide bonds. The molecule has 0 aromatic carbocycles. The van der Waals surface area contributed by atoms with Crippen molar-refractivity contribution in [1.29, 1.82) is 0 Å². The summed E-state index contributed by atoms with van der Waals surface area (Å²) in [5.74, 6) is 0.540. The van der Waals surface area contributed by atoms with Gasteiger partial charge in [-0.05, 0) is 6.66 Å². The summed E-state index contributed by atoms with van der Waals surface area (Å²) >= 11 is 0. The van der Waals surface area contributed by atoms with Gasteiger partial charge in [-0.2, -0.15) is 0 Å². The van der Waals surface area contributed by atoms with Crippen molar-refractivity contribution in [2.45, 2.75) is 27.7 Å². The van der Waals surface area contributed by atoms with E-state index in [1.54, 1.807) is 6.66 Å². The fraction of sp³-hybridized carbons (Fsp3) is 0.900. The average Bonchev–Trinajstić information content (AvgIpc) is 1.99. The molecule has 4 heteroatoms. The van der Waals surface area contributed by atoms with Gasteiger partial charge in [0, 0.05) is 20.4 Å². The highest BCUT2D eigenvalue weighted by Crippen LogP contribution is 2.23. The van der Waals surface area contributed by atoms with Gasteiger partial charge < -0.3 is 5.21 Å². The molecule has 0 fully saturated rings. The van der Waals surface area contributed by atoms with Crippen LogP contribution in [0.15, 0.2) is 0 Å². The van der Waals surface area contributed by atoms with Gasteiger partial charge in [-0.1, -0.05) is 27.7 Å². The van der Waals surface area contributed by atoms with Crippen LogP contribution in [-0.4, -0.2) is 30.0 Å². The highest BCUT2D eigenvalue weighted by molar-refractivity contribution is 7.56. The summed E-state index contributed by atoms with van der Waals surface area (Å²) in [6.07, 6.45) is 0. The van der Waals surface area contributed by atoms with Gasteiger partial charge in [0.15, 0.2) is 0 Å². The first kappa shape index (κ1) is 14.0. The molecule has 0 aliphatic heterocycles. The van der Waals surface area contributed by atoms with Crippen LogP contribution < -0.4 is 0 Å². The molecule has 0 spiro atoms. The topological polar surface area (TPSA) is 40.1 Å². The number of quaternary nitrogens is 1. The number of nitrogens with zero attached hydrogens (tertiary/aromatic N) is 1. The van der Waals surface area contributed by atoms with Crippen LogP contribution in [0.5, 0.6) is 0 Å². The zero-order chi connectivity index (χ0) is 11.4. The first-order valence-electron chi connectivity index (χ1n) is 5.12. The maximum atomic E-state index is 12.2. The number of carbonyl (C=O) groups is 1. The van der Waals surface area contributed by atoms with E-state index < -0.39 is 4.65 Å². The van der Waals surface area contributed by atoms with E-state index in [2.05, 4.69) is 0 Å².